The van der Waals surface area contributed by atoms with Gasteiger partial charge < -0.3 is 10.3 Å². The molecule has 6 nitrogen and oxygen atoms in total. The van der Waals surface area contributed by atoms with E-state index in [-0.39, 0.29) is 0 Å². The summed E-state index contributed by atoms with van der Waals surface area (Å²) in [6.07, 6.45) is 17.3. The van der Waals surface area contributed by atoms with Crippen LogP contribution in [0.2, 0.25) is 0 Å². The third-order valence-electron chi connectivity index (χ3n) is 7.01. The van der Waals surface area contributed by atoms with E-state index in [0.29, 0.717) is 0 Å². The fourth-order valence-electron chi connectivity index (χ4n) is 4.95. The summed E-state index contributed by atoms with van der Waals surface area (Å²) in [6.45, 7) is 7.64. The van der Waals surface area contributed by atoms with Gasteiger partial charge in [-0.3, -0.25) is 10.1 Å². The van der Waals surface area contributed by atoms with Crippen molar-refractivity contribution in [2.75, 3.05) is 6.54 Å². The van der Waals surface area contributed by atoms with Gasteiger partial charge in [-0.25, -0.2) is 4.98 Å². The van der Waals surface area contributed by atoms with Crippen LogP contribution in [0.4, 0.5) is 0 Å². The highest BCUT2D eigenvalue weighted by molar-refractivity contribution is 5.98. The second-order valence-electron chi connectivity index (χ2n) is 9.56. The SMILES string of the molecule is C=C/C(=C\C(=C/C)c1ccc2[nH]nc(-c3nc4c(C5=CCC=C5)cncc4[nH]3)c2c1)CNCc1ccccc1. The molecule has 0 atom stereocenters. The lowest BCUT2D eigenvalue weighted by Crippen LogP contribution is -2.15. The Kier molecular flexibility index (Phi) is 6.85. The fourth-order valence-corrected chi connectivity index (χ4v) is 4.95. The summed E-state index contributed by atoms with van der Waals surface area (Å²) in [7, 11) is 0. The van der Waals surface area contributed by atoms with Crippen molar-refractivity contribution in [3.8, 4) is 11.5 Å². The van der Waals surface area contributed by atoms with E-state index in [1.165, 1.54) is 5.56 Å². The van der Waals surface area contributed by atoms with Crippen LogP contribution in [-0.2, 0) is 6.54 Å². The van der Waals surface area contributed by atoms with Crippen LogP contribution in [0.25, 0.3) is 44.6 Å². The van der Waals surface area contributed by atoms with Crippen LogP contribution in [0.5, 0.6) is 0 Å². The van der Waals surface area contributed by atoms with Crippen molar-refractivity contribution in [2.24, 2.45) is 0 Å². The van der Waals surface area contributed by atoms with Crippen LogP contribution in [0.3, 0.4) is 0 Å². The van der Waals surface area contributed by atoms with Gasteiger partial charge in [0.2, 0.25) is 0 Å². The van der Waals surface area contributed by atoms with E-state index in [2.05, 4.69) is 112 Å². The number of hydrogen-bond donors (Lipinski definition) is 3. The minimum atomic E-state index is 0.722. The van der Waals surface area contributed by atoms with Crippen LogP contribution < -0.4 is 5.32 Å². The molecule has 0 saturated heterocycles. The lowest BCUT2D eigenvalue weighted by atomic mass is 10.00. The third kappa shape index (κ3) is 5.02. The second kappa shape index (κ2) is 10.9. The molecular weight excluding hydrogens is 480 g/mol. The Balaban J connectivity index is 1.30. The van der Waals surface area contributed by atoms with Gasteiger partial charge in [0, 0.05) is 30.2 Å². The van der Waals surface area contributed by atoms with Gasteiger partial charge in [-0.15, -0.1) is 0 Å². The quantitative estimate of drug-likeness (QED) is 0.184. The lowest BCUT2D eigenvalue weighted by Gasteiger charge is -2.09. The molecule has 0 radical (unpaired) electrons. The Morgan fingerprint density at radius 2 is 2.00 bits per heavy atom. The summed E-state index contributed by atoms with van der Waals surface area (Å²) in [5.74, 6) is 0.722. The monoisotopic (exact) mass is 510 g/mol. The molecule has 1 aliphatic rings. The van der Waals surface area contributed by atoms with E-state index in [1.807, 2.05) is 24.5 Å². The predicted octanol–water partition coefficient (Wildman–Crippen LogP) is 7.15. The maximum Gasteiger partial charge on any atom is 0.159 e. The van der Waals surface area contributed by atoms with Crippen LogP contribution in [0, 0.1) is 0 Å². The first-order valence-electron chi connectivity index (χ1n) is 13.2. The number of fused-ring (bicyclic) bond motifs is 2. The maximum atomic E-state index is 4.96. The molecule has 6 rings (SSSR count). The molecule has 0 unspecified atom stereocenters. The number of aromatic nitrogens is 5. The number of hydrogen-bond acceptors (Lipinski definition) is 4. The minimum absolute atomic E-state index is 0.722. The summed E-state index contributed by atoms with van der Waals surface area (Å²) in [4.78, 5) is 12.8. The lowest BCUT2D eigenvalue weighted by molar-refractivity contribution is 0.747. The zero-order chi connectivity index (χ0) is 26.6. The molecule has 0 bridgehead atoms. The fraction of sp³-hybridized carbons (Fsp3) is 0.121. The number of nitrogens with one attached hydrogen (secondary N) is 3. The molecule has 0 aliphatic heterocycles. The molecule has 0 spiro atoms. The van der Waals surface area contributed by atoms with Gasteiger partial charge in [0.05, 0.1) is 22.7 Å². The largest absolute Gasteiger partial charge is 0.335 e. The molecule has 6 heteroatoms. The Hall–Kier alpha value is -4.81. The smallest absolute Gasteiger partial charge is 0.159 e. The number of imidazole rings is 1. The molecule has 1 aliphatic carbocycles. The molecule has 3 aromatic heterocycles. The van der Waals surface area contributed by atoms with Gasteiger partial charge in [-0.05, 0) is 53.3 Å². The summed E-state index contributed by atoms with van der Waals surface area (Å²) in [5.41, 5.74) is 10.3. The van der Waals surface area contributed by atoms with E-state index < -0.39 is 0 Å². The van der Waals surface area contributed by atoms with Gasteiger partial charge in [0.25, 0.3) is 0 Å². The van der Waals surface area contributed by atoms with Crippen LogP contribution in [0.15, 0.2) is 110 Å². The molecule has 3 heterocycles. The number of aromatic amines is 2. The van der Waals surface area contributed by atoms with Crippen LogP contribution >= 0.6 is 0 Å². The van der Waals surface area contributed by atoms with Crippen molar-refractivity contribution in [3.63, 3.8) is 0 Å². The maximum absolute atomic E-state index is 4.96. The topological polar surface area (TPSA) is 82.3 Å². The van der Waals surface area contributed by atoms with Gasteiger partial charge in [-0.2, -0.15) is 5.10 Å². The molecular formula is C33H30N6. The highest BCUT2D eigenvalue weighted by atomic mass is 15.1. The first-order chi connectivity index (χ1) is 19.2. The normalized spacial score (nSPS) is 13.9. The molecule has 3 N–H and O–H groups in total. The predicted molar refractivity (Wildman–Crippen MR) is 161 cm³/mol. The summed E-state index contributed by atoms with van der Waals surface area (Å²) in [6, 6.07) is 16.8. The van der Waals surface area contributed by atoms with Gasteiger partial charge in [0.1, 0.15) is 5.69 Å². The number of pyridine rings is 1. The van der Waals surface area contributed by atoms with E-state index in [0.717, 1.165) is 80.8 Å². The molecule has 0 saturated carbocycles. The number of allylic oxidation sites excluding steroid dienone is 7. The zero-order valence-corrected chi connectivity index (χ0v) is 21.9. The summed E-state index contributed by atoms with van der Waals surface area (Å²) >= 11 is 0. The van der Waals surface area contributed by atoms with E-state index in [4.69, 9.17) is 4.98 Å². The van der Waals surface area contributed by atoms with Crippen LogP contribution in [-0.4, -0.2) is 31.7 Å². The molecule has 5 aromatic rings. The van der Waals surface area contributed by atoms with Crippen molar-refractivity contribution < 1.29 is 0 Å². The molecule has 0 fully saturated rings. The Labute approximate surface area is 227 Å². The van der Waals surface area contributed by atoms with Gasteiger partial charge in [-0.1, -0.05) is 79.4 Å². The zero-order valence-electron chi connectivity index (χ0n) is 21.9. The van der Waals surface area contributed by atoms with E-state index in [1.54, 1.807) is 0 Å². The third-order valence-corrected chi connectivity index (χ3v) is 7.01. The standard InChI is InChI=1S/C33H30N6/c1-3-22(18-34-19-23-10-6-5-7-11-23)16-24(4-2)26-14-15-29-27(17-26)32(39-38-29)33-36-30-21-35-20-28(31(30)37-33)25-12-8-9-13-25/h3-8,10-17,20-21,34H,1,9,18-19H2,2H3,(H,36,37)(H,38,39)/b22-16+,24-4+. The molecule has 2 aromatic carbocycles. The first kappa shape index (κ1) is 24.5. The first-order valence-corrected chi connectivity index (χ1v) is 13.2. The van der Waals surface area contributed by atoms with E-state index in [9.17, 15) is 0 Å². The summed E-state index contributed by atoms with van der Waals surface area (Å²) in [5, 5.41) is 12.3. The Morgan fingerprint density at radius 1 is 1.10 bits per heavy atom. The molecule has 192 valence electrons. The molecule has 39 heavy (non-hydrogen) atoms. The van der Waals surface area contributed by atoms with Crippen molar-refractivity contribution in [3.05, 3.63) is 126 Å². The Morgan fingerprint density at radius 3 is 2.79 bits per heavy atom. The van der Waals surface area contributed by atoms with Crippen LogP contribution in [0.1, 0.15) is 30.0 Å². The molecule has 0 amide bonds. The van der Waals surface area contributed by atoms with Gasteiger partial charge >= 0.3 is 0 Å². The summed E-state index contributed by atoms with van der Waals surface area (Å²) < 4.78 is 0. The Bertz CT molecular complexity index is 1780. The average molecular weight is 511 g/mol. The van der Waals surface area contributed by atoms with Crippen molar-refractivity contribution >= 4 is 33.1 Å². The number of rotatable bonds is 9. The van der Waals surface area contributed by atoms with Crippen molar-refractivity contribution in [2.45, 2.75) is 19.9 Å². The van der Waals surface area contributed by atoms with Gasteiger partial charge in [0.15, 0.2) is 5.82 Å². The average Bonchev–Trinajstić information content (AvgIpc) is 3.74. The van der Waals surface area contributed by atoms with E-state index >= 15 is 0 Å². The highest BCUT2D eigenvalue weighted by Crippen LogP contribution is 2.32. The van der Waals surface area contributed by atoms with Crippen molar-refractivity contribution in [1.82, 2.24) is 30.5 Å². The minimum Gasteiger partial charge on any atom is -0.335 e. The highest BCUT2D eigenvalue weighted by Gasteiger charge is 2.17. The number of H-pyrrole nitrogens is 2. The second-order valence-corrected chi connectivity index (χ2v) is 9.56. The number of nitrogens with zero attached hydrogens (tertiary/aromatic N) is 3. The number of benzene rings is 2. The van der Waals surface area contributed by atoms with Crippen molar-refractivity contribution in [1.29, 1.82) is 0 Å².